The summed E-state index contributed by atoms with van der Waals surface area (Å²) in [6.45, 7) is 26.0. The molecule has 0 heterocycles. The van der Waals surface area contributed by atoms with Crippen LogP contribution < -0.4 is 19.6 Å². The fourth-order valence-corrected chi connectivity index (χ4v) is 9.98. The Bertz CT molecular complexity index is 3020. The number of rotatable bonds is 28. The molecule has 82 heavy (non-hydrogen) atoms. The molecule has 0 N–H and O–H groups in total. The average molecular weight is 1080 g/mol. The normalized spacial score (nSPS) is 11.1. The Hall–Kier alpha value is -8.22. The first-order chi connectivity index (χ1) is 40.3. The topological polar surface area (TPSA) is 13.0 Å². The molecular formula is C78H86N4. The molecule has 0 radical (unpaired) electrons. The summed E-state index contributed by atoms with van der Waals surface area (Å²) in [5, 5.41) is 0. The summed E-state index contributed by atoms with van der Waals surface area (Å²) in [5.41, 5.74) is 14.4. The minimum absolute atomic E-state index is 0.758. The SMILES string of the molecule is CCCCN(CCCC)c1ccc2c(c1)C#CC#Cc1cc(N(CCCC)CCCC)ccc1C#Cc1cc(c3cc1C#Cc1ccc(N(CCCC)CCCC)cc1C#CC#Cc1cc(N(CCCC)CCCC)ccc1C#C3)C#C2. The molecule has 0 amide bonds. The lowest BCUT2D eigenvalue weighted by molar-refractivity contribution is 0.678. The van der Waals surface area contributed by atoms with Crippen LogP contribution in [0.5, 0.6) is 0 Å². The van der Waals surface area contributed by atoms with E-state index in [2.05, 4.69) is 255 Å². The number of anilines is 4. The molecule has 418 valence electrons. The molecule has 5 aromatic carbocycles. The smallest absolute Gasteiger partial charge is 0.0432 e. The number of hydrogen-bond donors (Lipinski definition) is 0. The Morgan fingerprint density at radius 2 is 0.378 bits per heavy atom. The minimum atomic E-state index is 0.758. The summed E-state index contributed by atoms with van der Waals surface area (Å²) >= 11 is 0. The van der Waals surface area contributed by atoms with Crippen molar-refractivity contribution >= 4 is 22.7 Å². The fourth-order valence-electron chi connectivity index (χ4n) is 9.98. The Morgan fingerprint density at radius 1 is 0.207 bits per heavy atom. The lowest BCUT2D eigenvalue weighted by Gasteiger charge is -2.25. The zero-order valence-corrected chi connectivity index (χ0v) is 50.8. The molecule has 0 unspecified atom stereocenters. The maximum Gasteiger partial charge on any atom is 0.0432 e. The summed E-state index contributed by atoms with van der Waals surface area (Å²) in [6.07, 6.45) is 18.0. The van der Waals surface area contributed by atoms with Crippen LogP contribution in [0.15, 0.2) is 84.9 Å². The Labute approximate surface area is 496 Å². The molecule has 0 aliphatic heterocycles. The highest BCUT2D eigenvalue weighted by Gasteiger charge is 2.15. The second kappa shape index (κ2) is 33.5. The molecule has 4 bridgehead atoms. The van der Waals surface area contributed by atoms with Gasteiger partial charge in [-0.2, -0.15) is 0 Å². The number of hydrogen-bond acceptors (Lipinski definition) is 4. The maximum atomic E-state index is 3.62. The predicted molar refractivity (Wildman–Crippen MR) is 352 cm³/mol. The van der Waals surface area contributed by atoms with Gasteiger partial charge in [0.15, 0.2) is 0 Å². The van der Waals surface area contributed by atoms with Gasteiger partial charge in [-0.15, -0.1) is 0 Å². The van der Waals surface area contributed by atoms with Crippen molar-refractivity contribution in [2.45, 2.75) is 158 Å². The summed E-state index contributed by atoms with van der Waals surface area (Å²) < 4.78 is 0. The molecule has 7 rings (SSSR count). The first kappa shape index (κ1) is 61.4. The van der Waals surface area contributed by atoms with E-state index in [1.807, 2.05) is 0 Å². The van der Waals surface area contributed by atoms with Crippen LogP contribution >= 0.6 is 0 Å². The summed E-state index contributed by atoms with van der Waals surface area (Å²) in [5.74, 6) is 55.9. The van der Waals surface area contributed by atoms with E-state index in [-0.39, 0.29) is 0 Å². The Kier molecular flexibility index (Phi) is 25.1. The van der Waals surface area contributed by atoms with E-state index in [9.17, 15) is 0 Å². The summed E-state index contributed by atoms with van der Waals surface area (Å²) in [7, 11) is 0. The van der Waals surface area contributed by atoms with Crippen molar-refractivity contribution in [1.82, 2.24) is 0 Å². The second-order valence-electron chi connectivity index (χ2n) is 21.6. The molecule has 0 atom stereocenters. The van der Waals surface area contributed by atoms with Crippen LogP contribution in [0.2, 0.25) is 0 Å². The van der Waals surface area contributed by atoms with Crippen LogP contribution in [-0.2, 0) is 0 Å². The molecule has 0 fully saturated rings. The van der Waals surface area contributed by atoms with E-state index < -0.39 is 0 Å². The third-order valence-electron chi connectivity index (χ3n) is 15.1. The molecule has 4 nitrogen and oxygen atoms in total. The number of fused-ring (bicyclic) bond motifs is 10. The zero-order chi connectivity index (χ0) is 57.7. The van der Waals surface area contributed by atoms with Gasteiger partial charge in [0.05, 0.1) is 0 Å². The molecule has 0 spiro atoms. The van der Waals surface area contributed by atoms with Crippen LogP contribution in [-0.4, -0.2) is 52.4 Å². The van der Waals surface area contributed by atoms with Gasteiger partial charge in [0, 0.05) is 142 Å². The van der Waals surface area contributed by atoms with Gasteiger partial charge < -0.3 is 19.6 Å². The highest BCUT2D eigenvalue weighted by Crippen LogP contribution is 2.27. The van der Waals surface area contributed by atoms with Gasteiger partial charge in [0.1, 0.15) is 0 Å². The van der Waals surface area contributed by atoms with E-state index in [0.717, 1.165) is 245 Å². The molecule has 2 aliphatic carbocycles. The summed E-state index contributed by atoms with van der Waals surface area (Å²) in [4.78, 5) is 10.0. The van der Waals surface area contributed by atoms with Crippen molar-refractivity contribution in [2.24, 2.45) is 0 Å². The van der Waals surface area contributed by atoms with Crippen molar-refractivity contribution in [1.29, 1.82) is 0 Å². The predicted octanol–water partition coefficient (Wildman–Crippen LogP) is 16.3. The molecular weight excluding hydrogens is 993 g/mol. The zero-order valence-electron chi connectivity index (χ0n) is 50.8. The van der Waals surface area contributed by atoms with Crippen molar-refractivity contribution in [3.63, 3.8) is 0 Å². The average Bonchev–Trinajstić information content (AvgIpc) is 3.59. The maximum absolute atomic E-state index is 3.62. The second-order valence-corrected chi connectivity index (χ2v) is 21.6. The minimum Gasteiger partial charge on any atom is -0.372 e. The van der Waals surface area contributed by atoms with Crippen molar-refractivity contribution < 1.29 is 0 Å². The molecule has 0 saturated heterocycles. The van der Waals surface area contributed by atoms with Gasteiger partial charge in [-0.05, 0) is 160 Å². The first-order valence-electron chi connectivity index (χ1n) is 31.2. The molecule has 4 heteroatoms. The van der Waals surface area contributed by atoms with Crippen LogP contribution in [0.1, 0.15) is 225 Å². The van der Waals surface area contributed by atoms with Crippen molar-refractivity contribution in [3.8, 4) is 94.7 Å². The lowest BCUT2D eigenvalue weighted by Crippen LogP contribution is -2.25. The lowest BCUT2D eigenvalue weighted by atomic mass is 9.96. The monoisotopic (exact) mass is 1080 g/mol. The van der Waals surface area contributed by atoms with Gasteiger partial charge >= 0.3 is 0 Å². The van der Waals surface area contributed by atoms with Gasteiger partial charge in [-0.1, -0.05) is 178 Å². The van der Waals surface area contributed by atoms with Crippen LogP contribution in [0.4, 0.5) is 22.7 Å². The van der Waals surface area contributed by atoms with E-state index in [0.29, 0.717) is 0 Å². The number of nitrogens with zero attached hydrogens (tertiary/aromatic N) is 4. The van der Waals surface area contributed by atoms with Gasteiger partial charge in [-0.3, -0.25) is 0 Å². The van der Waals surface area contributed by atoms with E-state index in [4.69, 9.17) is 0 Å². The number of unbranched alkanes of at least 4 members (excludes halogenated alkanes) is 8. The highest BCUT2D eigenvalue weighted by atomic mass is 15.1. The molecule has 0 aromatic heterocycles. The van der Waals surface area contributed by atoms with Gasteiger partial charge in [0.2, 0.25) is 0 Å². The standard InChI is InChI=1S/C78H86N4/c1-9-17-49-79(50-18-10-2)75-45-41-63-33-37-71-57-73(39-35-64-42-46-76(80(51-19-11-3)52-20-12-4)60-68(64)30-26-25-29-67(63)59-75)74-40-36-66-44-48-78(82(55-23-15-7)56-24-16-8)62-70(66)32-28-27-31-69-61-77(81(53-21-13-5)54-22-14-6)47-43-65(69)34-38-72(71)58-74/h41-48,57-62H,9-24,49-56H2,1-8H3. The van der Waals surface area contributed by atoms with Crippen molar-refractivity contribution in [3.05, 3.63) is 152 Å². The first-order valence-corrected chi connectivity index (χ1v) is 31.2. The quantitative estimate of drug-likeness (QED) is 0.0463. The van der Waals surface area contributed by atoms with Crippen LogP contribution in [0.25, 0.3) is 0 Å². The Balaban J connectivity index is 1.52. The molecule has 0 saturated carbocycles. The largest absolute Gasteiger partial charge is 0.372 e. The molecule has 5 aromatic rings. The van der Waals surface area contributed by atoms with E-state index >= 15 is 0 Å². The van der Waals surface area contributed by atoms with Crippen LogP contribution in [0.3, 0.4) is 0 Å². The van der Waals surface area contributed by atoms with Gasteiger partial charge in [-0.25, -0.2) is 0 Å². The molecule has 2 aliphatic rings. The van der Waals surface area contributed by atoms with Crippen LogP contribution in [0, 0.1) is 94.7 Å². The highest BCUT2D eigenvalue weighted by molar-refractivity contribution is 5.71. The van der Waals surface area contributed by atoms with E-state index in [1.54, 1.807) is 0 Å². The third kappa shape index (κ3) is 17.9. The summed E-state index contributed by atoms with van der Waals surface area (Å²) in [6, 6.07) is 30.4. The Morgan fingerprint density at radius 3 is 0.561 bits per heavy atom. The third-order valence-corrected chi connectivity index (χ3v) is 15.1. The fraction of sp³-hybridized carbons (Fsp3) is 0.410. The van der Waals surface area contributed by atoms with E-state index in [1.165, 1.54) is 0 Å². The van der Waals surface area contributed by atoms with Gasteiger partial charge in [0.25, 0.3) is 0 Å². The van der Waals surface area contributed by atoms with Crippen molar-refractivity contribution in [2.75, 3.05) is 72.0 Å². The number of benzene rings is 5.